The van der Waals surface area contributed by atoms with Crippen LogP contribution in [0.15, 0.2) is 18.2 Å². The van der Waals surface area contributed by atoms with Gasteiger partial charge in [0.05, 0.1) is 17.3 Å². The molecule has 0 fully saturated rings. The van der Waals surface area contributed by atoms with Crippen molar-refractivity contribution < 1.29 is 14.0 Å². The minimum absolute atomic E-state index is 0.230. The number of carbonyl (C=O) groups excluding carboxylic acids is 2. The molecule has 0 saturated heterocycles. The van der Waals surface area contributed by atoms with Crippen molar-refractivity contribution in [2.45, 2.75) is 12.8 Å². The van der Waals surface area contributed by atoms with Gasteiger partial charge >= 0.3 is 0 Å². The number of amides is 1. The van der Waals surface area contributed by atoms with Gasteiger partial charge in [0.2, 0.25) is 0 Å². The van der Waals surface area contributed by atoms with E-state index in [-0.39, 0.29) is 12.1 Å². The maximum Gasteiger partial charge on any atom is 0.299 e. The van der Waals surface area contributed by atoms with E-state index < -0.39 is 17.5 Å². The van der Waals surface area contributed by atoms with Crippen LogP contribution in [-0.2, 0) is 4.79 Å². The van der Waals surface area contributed by atoms with Gasteiger partial charge in [-0.3, -0.25) is 9.59 Å². The van der Waals surface area contributed by atoms with Crippen LogP contribution >= 0.6 is 0 Å². The summed E-state index contributed by atoms with van der Waals surface area (Å²) in [5.74, 6) is -1.75. The summed E-state index contributed by atoms with van der Waals surface area (Å²) in [6, 6.07) is 5.60. The molecule has 1 amide bonds. The number of unbranched alkanes of at least 4 members (excludes halogenated alkanes) is 1. The van der Waals surface area contributed by atoms with E-state index in [0.717, 1.165) is 6.07 Å². The molecule has 17 heavy (non-hydrogen) atoms. The number of carbonyl (C=O) groups is 2. The van der Waals surface area contributed by atoms with Gasteiger partial charge < -0.3 is 4.90 Å². The van der Waals surface area contributed by atoms with Crippen LogP contribution in [0, 0.1) is 17.1 Å². The van der Waals surface area contributed by atoms with Crippen LogP contribution in [0.1, 0.15) is 23.2 Å². The number of hydrogen-bond acceptors (Lipinski definition) is 3. The van der Waals surface area contributed by atoms with Crippen molar-refractivity contribution in [2.24, 2.45) is 0 Å². The molecule has 2 rings (SSSR count). The minimum atomic E-state index is -0.650. The van der Waals surface area contributed by atoms with E-state index in [1.165, 1.54) is 17.0 Å². The summed E-state index contributed by atoms with van der Waals surface area (Å²) in [4.78, 5) is 24.4. The van der Waals surface area contributed by atoms with Crippen molar-refractivity contribution in [3.63, 3.8) is 0 Å². The molecule has 0 spiro atoms. The zero-order valence-corrected chi connectivity index (χ0v) is 8.94. The van der Waals surface area contributed by atoms with E-state index in [9.17, 15) is 14.0 Å². The Bertz CT molecular complexity index is 534. The second kappa shape index (κ2) is 4.34. The number of benzene rings is 1. The normalized spacial score (nSPS) is 13.8. The molecule has 1 aromatic carbocycles. The van der Waals surface area contributed by atoms with Gasteiger partial charge in [0.25, 0.3) is 11.7 Å². The lowest BCUT2D eigenvalue weighted by atomic mass is 10.1. The number of ketones is 1. The van der Waals surface area contributed by atoms with Crippen LogP contribution < -0.4 is 4.90 Å². The molecular weight excluding hydrogens is 223 g/mol. The molecule has 0 aromatic heterocycles. The highest BCUT2D eigenvalue weighted by atomic mass is 19.1. The molecule has 0 unspecified atom stereocenters. The summed E-state index contributed by atoms with van der Waals surface area (Å²) in [7, 11) is 0. The summed E-state index contributed by atoms with van der Waals surface area (Å²) in [6.07, 6.45) is 0.758. The van der Waals surface area contributed by atoms with Gasteiger partial charge in [-0.2, -0.15) is 5.26 Å². The Hall–Kier alpha value is -2.22. The highest BCUT2D eigenvalue weighted by molar-refractivity contribution is 6.52. The lowest BCUT2D eigenvalue weighted by molar-refractivity contribution is -0.114. The molecule has 1 aliphatic heterocycles. The Morgan fingerprint density at radius 2 is 2.12 bits per heavy atom. The van der Waals surface area contributed by atoms with Crippen molar-refractivity contribution in [1.29, 1.82) is 5.26 Å². The Kier molecular flexibility index (Phi) is 2.88. The second-order valence-corrected chi connectivity index (χ2v) is 3.71. The fourth-order valence-electron chi connectivity index (χ4n) is 1.81. The molecule has 0 N–H and O–H groups in total. The number of nitrogens with zero attached hydrogens (tertiary/aromatic N) is 2. The number of Topliss-reactive ketones (excluding diaryl/α,β-unsaturated/α-hetero) is 1. The molecule has 1 aromatic rings. The smallest absolute Gasteiger partial charge is 0.299 e. The molecule has 5 heteroatoms. The molecule has 4 nitrogen and oxygen atoms in total. The standard InChI is InChI=1S/C12H9FN2O2/c13-8-3-4-9-10(7-8)15(6-2-1-5-14)12(17)11(9)16/h3-4,7H,1-2,6H2. The molecule has 0 aliphatic carbocycles. The number of anilines is 1. The van der Waals surface area contributed by atoms with Gasteiger partial charge in [0.15, 0.2) is 0 Å². The first kappa shape index (κ1) is 11.3. The summed E-state index contributed by atoms with van der Waals surface area (Å²) in [5.41, 5.74) is 0.534. The highest BCUT2D eigenvalue weighted by Crippen LogP contribution is 2.29. The lowest BCUT2D eigenvalue weighted by Gasteiger charge is -2.15. The van der Waals surface area contributed by atoms with Crippen LogP contribution in [0.4, 0.5) is 10.1 Å². The van der Waals surface area contributed by atoms with Crippen molar-refractivity contribution in [2.75, 3.05) is 11.4 Å². The van der Waals surface area contributed by atoms with Crippen LogP contribution in [0.5, 0.6) is 0 Å². The van der Waals surface area contributed by atoms with Gasteiger partial charge in [-0.1, -0.05) is 0 Å². The topological polar surface area (TPSA) is 61.2 Å². The summed E-state index contributed by atoms with van der Waals surface area (Å²) in [5, 5.41) is 8.42. The third kappa shape index (κ3) is 1.89. The molecular formula is C12H9FN2O2. The van der Waals surface area contributed by atoms with Gasteiger partial charge in [-0.15, -0.1) is 0 Å². The number of halogens is 1. The number of hydrogen-bond donors (Lipinski definition) is 0. The SMILES string of the molecule is N#CCCCN1C(=O)C(=O)c2ccc(F)cc21. The Labute approximate surface area is 97.3 Å². The first-order valence-corrected chi connectivity index (χ1v) is 5.18. The van der Waals surface area contributed by atoms with E-state index in [0.29, 0.717) is 18.5 Å². The first-order chi connectivity index (χ1) is 8.15. The fraction of sp³-hybridized carbons (Fsp3) is 0.250. The number of rotatable bonds is 3. The van der Waals surface area contributed by atoms with Gasteiger partial charge in [0, 0.05) is 13.0 Å². The Morgan fingerprint density at radius 1 is 1.35 bits per heavy atom. The molecule has 0 atom stereocenters. The van der Waals surface area contributed by atoms with Crippen molar-refractivity contribution in [3.8, 4) is 6.07 Å². The average molecular weight is 232 g/mol. The molecule has 0 bridgehead atoms. The second-order valence-electron chi connectivity index (χ2n) is 3.71. The maximum atomic E-state index is 13.1. The molecule has 1 aliphatic rings. The van der Waals surface area contributed by atoms with Gasteiger partial charge in [0.1, 0.15) is 5.82 Å². The van der Waals surface area contributed by atoms with Crippen molar-refractivity contribution >= 4 is 17.4 Å². The third-order valence-electron chi connectivity index (χ3n) is 2.60. The van der Waals surface area contributed by atoms with Crippen LogP contribution in [0.25, 0.3) is 0 Å². The average Bonchev–Trinajstić information content (AvgIpc) is 2.54. The van der Waals surface area contributed by atoms with Crippen molar-refractivity contribution in [3.05, 3.63) is 29.6 Å². The molecule has 1 heterocycles. The summed E-state index contributed by atoms with van der Waals surface area (Å²) in [6.45, 7) is 0.259. The maximum absolute atomic E-state index is 13.1. The molecule has 0 radical (unpaired) electrons. The predicted molar refractivity (Wildman–Crippen MR) is 57.9 cm³/mol. The Morgan fingerprint density at radius 3 is 2.82 bits per heavy atom. The van der Waals surface area contributed by atoms with Crippen molar-refractivity contribution in [1.82, 2.24) is 0 Å². The predicted octanol–water partition coefficient (Wildman–Crippen LogP) is 1.66. The highest BCUT2D eigenvalue weighted by Gasteiger charge is 2.35. The Balaban J connectivity index is 2.30. The largest absolute Gasteiger partial charge is 0.305 e. The molecule has 0 saturated carbocycles. The number of nitriles is 1. The zero-order valence-electron chi connectivity index (χ0n) is 8.94. The van der Waals surface area contributed by atoms with E-state index in [4.69, 9.17) is 5.26 Å². The third-order valence-corrected chi connectivity index (χ3v) is 2.60. The summed E-state index contributed by atoms with van der Waals surface area (Å²) >= 11 is 0. The monoisotopic (exact) mass is 232 g/mol. The van der Waals surface area contributed by atoms with Crippen LogP contribution in [-0.4, -0.2) is 18.2 Å². The number of fused-ring (bicyclic) bond motifs is 1. The van der Waals surface area contributed by atoms with Crippen LogP contribution in [0.3, 0.4) is 0 Å². The minimum Gasteiger partial charge on any atom is -0.305 e. The van der Waals surface area contributed by atoms with E-state index in [1.807, 2.05) is 6.07 Å². The quantitative estimate of drug-likeness (QED) is 0.588. The lowest BCUT2D eigenvalue weighted by Crippen LogP contribution is -2.30. The van der Waals surface area contributed by atoms with Crippen LogP contribution in [0.2, 0.25) is 0 Å². The fourth-order valence-corrected chi connectivity index (χ4v) is 1.81. The van der Waals surface area contributed by atoms with E-state index in [2.05, 4.69) is 0 Å². The molecule has 86 valence electrons. The summed E-state index contributed by atoms with van der Waals surface area (Å²) < 4.78 is 13.1. The first-order valence-electron chi connectivity index (χ1n) is 5.18. The zero-order chi connectivity index (χ0) is 12.4. The van der Waals surface area contributed by atoms with Gasteiger partial charge in [-0.25, -0.2) is 4.39 Å². The van der Waals surface area contributed by atoms with Gasteiger partial charge in [-0.05, 0) is 24.6 Å². The van der Waals surface area contributed by atoms with E-state index in [1.54, 1.807) is 0 Å². The van der Waals surface area contributed by atoms with E-state index >= 15 is 0 Å².